The van der Waals surface area contributed by atoms with Gasteiger partial charge in [-0.2, -0.15) is 0 Å². The van der Waals surface area contributed by atoms with Crippen molar-refractivity contribution >= 4 is 55.6 Å². The van der Waals surface area contributed by atoms with Gasteiger partial charge in [-0.3, -0.25) is 0 Å². The van der Waals surface area contributed by atoms with Crippen molar-refractivity contribution in [2.75, 3.05) is 0 Å². The van der Waals surface area contributed by atoms with Crippen LogP contribution in [0.1, 0.15) is 31.1 Å². The normalized spacial score (nSPS) is 0.600. The molecular formula is C4H22B2INaP2. The molecule has 0 aliphatic heterocycles. The fraction of sp³-hybridized carbons (Fsp3) is 1.00. The van der Waals surface area contributed by atoms with Crippen molar-refractivity contribution in [2.24, 2.45) is 0 Å². The third kappa shape index (κ3) is 137. The monoisotopic (exact) mass is 304 g/mol. The predicted octanol–water partition coefficient (Wildman–Crippen LogP) is 0.570. The summed E-state index contributed by atoms with van der Waals surface area (Å²) in [6.45, 7) is 2.39. The van der Waals surface area contributed by atoms with E-state index in [0.29, 0.717) is 0 Å². The molecule has 0 rings (SSSR count). The molecular weight excluding hydrogens is 282 g/mol. The average Bonchev–Trinajstić information content (AvgIpc) is 1.00. The van der Waals surface area contributed by atoms with Crippen LogP contribution in [-0.2, 0) is 0 Å². The van der Waals surface area contributed by atoms with Crippen LogP contribution in [0.4, 0.5) is 0 Å². The van der Waals surface area contributed by atoms with Gasteiger partial charge in [-0.1, -0.05) is 58.6 Å². The number of hydrogen-bond acceptors (Lipinski definition) is 0. The number of hydrogen-bond donors (Lipinski definition) is 0. The first-order valence-corrected chi connectivity index (χ1v) is 4.39. The first-order valence-electron chi connectivity index (χ1n) is 0.218. The minimum absolute atomic E-state index is 0. The largest absolute Gasteiger partial charge is 1.00 e. The van der Waals surface area contributed by atoms with E-state index < -0.39 is 0 Å². The molecule has 0 heterocycles. The molecule has 62 valence electrons. The van der Waals surface area contributed by atoms with Gasteiger partial charge in [0.15, 0.2) is 0 Å². The molecule has 0 fully saturated rings. The second-order valence-electron chi connectivity index (χ2n) is 0. The Balaban J connectivity index is -0.000000000139. The summed E-state index contributed by atoms with van der Waals surface area (Å²) in [5, 5.41) is 0. The molecule has 6 radical (unpaired) electrons. The van der Waals surface area contributed by atoms with E-state index in [0.717, 1.165) is 0 Å². The smallest absolute Gasteiger partial charge is 0.577 e. The molecule has 1 unspecified atom stereocenters. The maximum Gasteiger partial charge on any atom is 1.00 e. The van der Waals surface area contributed by atoms with E-state index in [4.69, 9.17) is 0 Å². The van der Waals surface area contributed by atoms with Gasteiger partial charge in [-0.15, -0.1) is 0 Å². The van der Waals surface area contributed by atoms with Crippen LogP contribution in [-0.4, -0.2) is 16.8 Å². The van der Waals surface area contributed by atoms with Crippen LogP contribution in [0.2, 0.25) is 0 Å². The molecule has 0 saturated heterocycles. The van der Waals surface area contributed by atoms with Gasteiger partial charge in [0.25, 0.3) is 0 Å². The Morgan fingerprint density at radius 1 is 0.800 bits per heavy atom. The van der Waals surface area contributed by atoms with Crippen LogP contribution >= 0.6 is 38.8 Å². The molecule has 1 atom stereocenters. The molecule has 10 heavy (non-hydrogen) atoms. The molecule has 0 nitrogen and oxygen atoms in total. The number of halogens is 1. The van der Waals surface area contributed by atoms with Gasteiger partial charge in [0, 0.05) is 18.3 Å². The summed E-state index contributed by atoms with van der Waals surface area (Å²) in [5.74, 6) is 0. The maximum atomic E-state index is 2.39. The quantitative estimate of drug-likeness (QED) is 0.349. The van der Waals surface area contributed by atoms with Crippen LogP contribution in [0.25, 0.3) is 0 Å². The van der Waals surface area contributed by atoms with E-state index in [1.54, 1.807) is 0 Å². The topological polar surface area (TPSA) is 0 Å². The van der Waals surface area contributed by atoms with Gasteiger partial charge >= 0.3 is 29.6 Å². The fourth-order valence-electron chi connectivity index (χ4n) is 0. The van der Waals surface area contributed by atoms with E-state index in [1.165, 1.54) is 0 Å². The average molecular weight is 304 g/mol. The van der Waals surface area contributed by atoms with Crippen LogP contribution in [0.15, 0.2) is 0 Å². The minimum atomic E-state index is 0. The minimum Gasteiger partial charge on any atom is -0.577 e. The Morgan fingerprint density at radius 2 is 0.800 bits per heavy atom. The van der Waals surface area contributed by atoms with Crippen molar-refractivity contribution < 1.29 is 31.0 Å². The molecule has 0 aliphatic carbocycles. The molecule has 0 saturated carbocycles. The summed E-state index contributed by atoms with van der Waals surface area (Å²) >= 11 is 2.07. The summed E-state index contributed by atoms with van der Waals surface area (Å²) < 4.78 is 0. The second-order valence-corrected chi connectivity index (χ2v) is 0. The van der Waals surface area contributed by atoms with Gasteiger partial charge in [-0.25, -0.2) is 0 Å². The number of rotatable bonds is 0. The van der Waals surface area contributed by atoms with E-state index in [1.807, 2.05) is 0 Å². The summed E-state index contributed by atoms with van der Waals surface area (Å²) in [6.07, 6.45) is 0. The van der Waals surface area contributed by atoms with Crippen molar-refractivity contribution in [3.05, 3.63) is 0 Å². The third-order valence-electron chi connectivity index (χ3n) is 0. The van der Waals surface area contributed by atoms with E-state index in [2.05, 4.69) is 28.9 Å². The molecule has 0 aromatic rings. The Bertz CT molecular complexity index is 26.1. The van der Waals surface area contributed by atoms with Crippen molar-refractivity contribution in [1.29, 1.82) is 0 Å². The van der Waals surface area contributed by atoms with Gasteiger partial charge in [0.05, 0.1) is 0 Å². The van der Waals surface area contributed by atoms with E-state index in [9.17, 15) is 0 Å². The maximum absolute atomic E-state index is 2.39. The van der Waals surface area contributed by atoms with Gasteiger partial charge in [0.2, 0.25) is 0 Å². The van der Waals surface area contributed by atoms with Crippen molar-refractivity contribution in [3.63, 3.8) is 0 Å². The van der Waals surface area contributed by atoms with Crippen LogP contribution in [0, 0.1) is 0 Å². The summed E-state index contributed by atoms with van der Waals surface area (Å²) in [6, 6.07) is 0. The summed E-state index contributed by atoms with van der Waals surface area (Å²) in [7, 11) is 0. The fourth-order valence-corrected chi connectivity index (χ4v) is 0. The Morgan fingerprint density at radius 3 is 0.800 bits per heavy atom. The van der Waals surface area contributed by atoms with Crippen LogP contribution < -0.4 is 29.6 Å². The SMILES string of the molecule is C.C.C.C.PI.[B].[B].[HH].[Na+].[PH2-]. The second kappa shape index (κ2) is 182. The van der Waals surface area contributed by atoms with Crippen molar-refractivity contribution in [3.8, 4) is 0 Å². The van der Waals surface area contributed by atoms with Gasteiger partial charge in [0.1, 0.15) is 0 Å². The first kappa shape index (κ1) is 126. The zero-order valence-electron chi connectivity index (χ0n) is 3.69. The Hall–Kier alpha value is 2.72. The van der Waals surface area contributed by atoms with Gasteiger partial charge < -0.3 is 9.90 Å². The van der Waals surface area contributed by atoms with E-state index in [-0.39, 0.29) is 87.4 Å². The van der Waals surface area contributed by atoms with E-state index >= 15 is 0 Å². The van der Waals surface area contributed by atoms with Crippen molar-refractivity contribution in [2.45, 2.75) is 29.7 Å². The summed E-state index contributed by atoms with van der Waals surface area (Å²) in [4.78, 5) is 0. The molecule has 0 aromatic carbocycles. The zero-order valence-corrected chi connectivity index (χ0v) is 10.2. The standard InChI is InChI=1S/4CH4.2B.H2IP.Na.H2P.H2/c;;;;;;1-2;;;/h4*1H4;;;2H2;;1H2;1H/q;;;;;;;+1;-1;. The van der Waals surface area contributed by atoms with Crippen molar-refractivity contribution in [1.82, 2.24) is 0 Å². The molecule has 6 heteroatoms. The Kier molecular flexibility index (Phi) is 2300. The molecule has 0 N–H and O–H groups in total. The van der Waals surface area contributed by atoms with Crippen LogP contribution in [0.5, 0.6) is 0 Å². The first-order chi connectivity index (χ1) is 1.00. The molecule has 0 aliphatic rings. The Labute approximate surface area is 115 Å². The molecule has 0 aromatic heterocycles. The van der Waals surface area contributed by atoms with Gasteiger partial charge in [-0.05, 0) is 0 Å². The molecule has 0 amide bonds. The molecule has 0 bridgehead atoms. The third-order valence-corrected chi connectivity index (χ3v) is 0. The molecule has 0 spiro atoms. The predicted molar refractivity (Wildman–Crippen MR) is 74.0 cm³/mol. The summed E-state index contributed by atoms with van der Waals surface area (Å²) in [5.41, 5.74) is 0. The zero-order chi connectivity index (χ0) is 2.00. The van der Waals surface area contributed by atoms with Crippen LogP contribution in [0.3, 0.4) is 0 Å².